The topological polar surface area (TPSA) is 40.5 Å². The summed E-state index contributed by atoms with van der Waals surface area (Å²) in [5.41, 5.74) is 0. The minimum atomic E-state index is -0.589. The third-order valence-corrected chi connectivity index (χ3v) is 3.06. The summed E-state index contributed by atoms with van der Waals surface area (Å²) in [5.74, 6) is 0.954. The number of halogens is 1. The lowest BCUT2D eigenvalue weighted by Gasteiger charge is -2.22. The predicted molar refractivity (Wildman–Crippen MR) is 56.3 cm³/mol. The number of nitrogens with zero attached hydrogens (tertiary/aromatic N) is 1. The van der Waals surface area contributed by atoms with Crippen molar-refractivity contribution in [3.05, 3.63) is 0 Å². The Hall–Kier alpha value is -0.280. The molecule has 82 valence electrons. The summed E-state index contributed by atoms with van der Waals surface area (Å²) in [6.45, 7) is 3.30. The van der Waals surface area contributed by atoms with Crippen LogP contribution in [0.3, 0.4) is 0 Å². The van der Waals surface area contributed by atoms with Crippen molar-refractivity contribution in [2.45, 2.75) is 32.3 Å². The molecule has 1 amide bonds. The molecular weight excluding hydrogens is 202 g/mol. The molecule has 0 aromatic carbocycles. The zero-order chi connectivity index (χ0) is 10.6. The summed E-state index contributed by atoms with van der Waals surface area (Å²) in [6, 6.07) is 0. The summed E-state index contributed by atoms with van der Waals surface area (Å²) in [5, 5.41) is 9.36. The van der Waals surface area contributed by atoms with Crippen LogP contribution in [0, 0.1) is 5.92 Å². The molecule has 1 saturated heterocycles. The number of likely N-dealkylation sites (tertiary alicyclic amines) is 1. The SMILES string of the molecule is CC1CCC(=O)N(CC(O)CCl)CC1. The molecule has 4 heteroatoms. The molecule has 0 saturated carbocycles. The van der Waals surface area contributed by atoms with Crippen LogP contribution in [-0.4, -0.2) is 41.0 Å². The third kappa shape index (κ3) is 3.46. The van der Waals surface area contributed by atoms with Gasteiger partial charge < -0.3 is 10.0 Å². The summed E-state index contributed by atoms with van der Waals surface area (Å²) in [7, 11) is 0. The van der Waals surface area contributed by atoms with Gasteiger partial charge in [-0.25, -0.2) is 0 Å². The van der Waals surface area contributed by atoms with Gasteiger partial charge in [0.25, 0.3) is 0 Å². The van der Waals surface area contributed by atoms with E-state index in [1.54, 1.807) is 4.90 Å². The zero-order valence-electron chi connectivity index (χ0n) is 8.58. The fourth-order valence-electron chi connectivity index (χ4n) is 1.67. The largest absolute Gasteiger partial charge is 0.390 e. The quantitative estimate of drug-likeness (QED) is 0.726. The average molecular weight is 220 g/mol. The smallest absolute Gasteiger partial charge is 0.222 e. The van der Waals surface area contributed by atoms with E-state index in [1.807, 2.05) is 0 Å². The molecule has 2 unspecified atom stereocenters. The van der Waals surface area contributed by atoms with E-state index in [0.29, 0.717) is 18.9 Å². The van der Waals surface area contributed by atoms with Crippen LogP contribution in [0.25, 0.3) is 0 Å². The summed E-state index contributed by atoms with van der Waals surface area (Å²) >= 11 is 5.50. The maximum Gasteiger partial charge on any atom is 0.222 e. The van der Waals surface area contributed by atoms with Gasteiger partial charge in [0.15, 0.2) is 0 Å². The lowest BCUT2D eigenvalue weighted by atomic mass is 10.0. The third-order valence-electron chi connectivity index (χ3n) is 2.70. The minimum Gasteiger partial charge on any atom is -0.390 e. The highest BCUT2D eigenvalue weighted by molar-refractivity contribution is 6.18. The first-order valence-corrected chi connectivity index (χ1v) is 5.68. The van der Waals surface area contributed by atoms with Gasteiger partial charge in [0.2, 0.25) is 5.91 Å². The summed E-state index contributed by atoms with van der Waals surface area (Å²) in [4.78, 5) is 13.3. The highest BCUT2D eigenvalue weighted by Gasteiger charge is 2.21. The first-order chi connectivity index (χ1) is 6.63. The lowest BCUT2D eigenvalue weighted by molar-refractivity contribution is -0.131. The van der Waals surface area contributed by atoms with Gasteiger partial charge in [0, 0.05) is 19.5 Å². The normalized spacial score (nSPS) is 26.1. The number of β-amino-alcohol motifs (C(OH)–C–C–N with tert-alkyl or cyclic N) is 1. The maximum absolute atomic E-state index is 11.6. The number of amides is 1. The van der Waals surface area contributed by atoms with Gasteiger partial charge in [-0.1, -0.05) is 6.92 Å². The molecule has 1 aliphatic rings. The minimum absolute atomic E-state index is 0.151. The second-order valence-corrected chi connectivity index (χ2v) is 4.39. The van der Waals surface area contributed by atoms with Crippen molar-refractivity contribution in [2.75, 3.05) is 19.0 Å². The van der Waals surface area contributed by atoms with Crippen LogP contribution in [0.15, 0.2) is 0 Å². The van der Waals surface area contributed by atoms with E-state index in [9.17, 15) is 9.90 Å². The van der Waals surface area contributed by atoms with Gasteiger partial charge in [-0.2, -0.15) is 0 Å². The number of carbonyl (C=O) groups is 1. The molecule has 1 fully saturated rings. The fourth-order valence-corrected chi connectivity index (χ4v) is 1.77. The van der Waals surface area contributed by atoms with Crippen molar-refractivity contribution in [3.8, 4) is 0 Å². The fraction of sp³-hybridized carbons (Fsp3) is 0.900. The van der Waals surface area contributed by atoms with Crippen LogP contribution in [0.2, 0.25) is 0 Å². The first-order valence-electron chi connectivity index (χ1n) is 5.15. The van der Waals surface area contributed by atoms with Crippen LogP contribution < -0.4 is 0 Å². The Kier molecular flexibility index (Phi) is 4.69. The number of hydrogen-bond acceptors (Lipinski definition) is 2. The van der Waals surface area contributed by atoms with Crippen LogP contribution >= 0.6 is 11.6 Å². The first kappa shape index (κ1) is 11.8. The molecule has 1 N–H and O–H groups in total. The van der Waals surface area contributed by atoms with Gasteiger partial charge in [0.05, 0.1) is 12.0 Å². The Labute approximate surface area is 90.0 Å². The van der Waals surface area contributed by atoms with Crippen molar-refractivity contribution in [3.63, 3.8) is 0 Å². The van der Waals surface area contributed by atoms with E-state index in [0.717, 1.165) is 19.4 Å². The van der Waals surface area contributed by atoms with E-state index >= 15 is 0 Å². The number of aliphatic hydroxyl groups is 1. The maximum atomic E-state index is 11.6. The van der Waals surface area contributed by atoms with E-state index in [-0.39, 0.29) is 11.8 Å². The second kappa shape index (κ2) is 5.56. The van der Waals surface area contributed by atoms with E-state index in [2.05, 4.69) is 6.92 Å². The second-order valence-electron chi connectivity index (χ2n) is 4.08. The number of alkyl halides is 1. The summed E-state index contributed by atoms with van der Waals surface area (Å²) < 4.78 is 0. The van der Waals surface area contributed by atoms with Crippen LogP contribution in [0.5, 0.6) is 0 Å². The van der Waals surface area contributed by atoms with E-state index in [1.165, 1.54) is 0 Å². The Morgan fingerprint density at radius 2 is 2.36 bits per heavy atom. The van der Waals surface area contributed by atoms with Crippen LogP contribution in [-0.2, 0) is 4.79 Å². The predicted octanol–water partition coefficient (Wildman–Crippen LogP) is 1.23. The zero-order valence-corrected chi connectivity index (χ0v) is 9.33. The molecule has 0 bridgehead atoms. The lowest BCUT2D eigenvalue weighted by Crippen LogP contribution is -2.37. The molecule has 1 rings (SSSR count). The Morgan fingerprint density at radius 3 is 3.00 bits per heavy atom. The molecule has 0 aromatic heterocycles. The molecule has 14 heavy (non-hydrogen) atoms. The molecule has 1 aliphatic heterocycles. The number of aliphatic hydroxyl groups excluding tert-OH is 1. The van der Waals surface area contributed by atoms with Crippen molar-refractivity contribution in [2.24, 2.45) is 5.92 Å². The van der Waals surface area contributed by atoms with Gasteiger partial charge in [0.1, 0.15) is 0 Å². The van der Waals surface area contributed by atoms with Crippen molar-refractivity contribution in [1.29, 1.82) is 0 Å². The van der Waals surface area contributed by atoms with Crippen molar-refractivity contribution in [1.82, 2.24) is 4.90 Å². The Morgan fingerprint density at radius 1 is 1.64 bits per heavy atom. The number of rotatable bonds is 3. The Balaban J connectivity index is 2.45. The standard InChI is InChI=1S/C10H18ClNO2/c1-8-2-3-10(14)12(5-4-8)7-9(13)6-11/h8-9,13H,2-7H2,1H3. The van der Waals surface area contributed by atoms with Crippen molar-refractivity contribution >= 4 is 17.5 Å². The van der Waals surface area contributed by atoms with Crippen LogP contribution in [0.4, 0.5) is 0 Å². The molecule has 1 heterocycles. The van der Waals surface area contributed by atoms with Gasteiger partial charge in [-0.3, -0.25) is 4.79 Å². The molecular formula is C10H18ClNO2. The van der Waals surface area contributed by atoms with E-state index < -0.39 is 6.10 Å². The number of carbonyl (C=O) groups excluding carboxylic acids is 1. The highest BCUT2D eigenvalue weighted by Crippen LogP contribution is 2.17. The molecule has 0 aliphatic carbocycles. The molecule has 2 atom stereocenters. The van der Waals surface area contributed by atoms with Gasteiger partial charge in [-0.05, 0) is 18.8 Å². The summed E-state index contributed by atoms with van der Waals surface area (Å²) in [6.07, 6.45) is 2.01. The van der Waals surface area contributed by atoms with Crippen molar-refractivity contribution < 1.29 is 9.90 Å². The average Bonchev–Trinajstić information content (AvgIpc) is 2.33. The monoisotopic (exact) mass is 219 g/mol. The van der Waals surface area contributed by atoms with Gasteiger partial charge >= 0.3 is 0 Å². The molecule has 0 aromatic rings. The molecule has 0 spiro atoms. The number of hydrogen-bond donors (Lipinski definition) is 1. The van der Waals surface area contributed by atoms with E-state index in [4.69, 9.17) is 11.6 Å². The Bertz CT molecular complexity index is 199. The van der Waals surface area contributed by atoms with Crippen LogP contribution in [0.1, 0.15) is 26.2 Å². The molecule has 3 nitrogen and oxygen atoms in total. The van der Waals surface area contributed by atoms with Gasteiger partial charge in [-0.15, -0.1) is 11.6 Å². The molecule has 0 radical (unpaired) electrons. The highest BCUT2D eigenvalue weighted by atomic mass is 35.5.